The first-order chi connectivity index (χ1) is 12.0. The molecule has 0 heterocycles. The molecule has 0 aliphatic carbocycles. The Hall–Kier alpha value is -2.62. The second kappa shape index (κ2) is 11.1. The van der Waals surface area contributed by atoms with Crippen LogP contribution in [-0.4, -0.2) is 59.1 Å². The SMILES string of the molecule is CCN(CC)CCNC(=O)c1ccc(C(F)(F)F)cc1.O=C(O)C(=O)O. The van der Waals surface area contributed by atoms with Crippen LogP contribution < -0.4 is 5.32 Å². The fourth-order valence-electron chi connectivity index (χ4n) is 1.78. The van der Waals surface area contributed by atoms with E-state index in [9.17, 15) is 18.0 Å². The Bertz CT molecular complexity index is 587. The molecule has 0 spiro atoms. The summed E-state index contributed by atoms with van der Waals surface area (Å²) in [6, 6.07) is 4.21. The van der Waals surface area contributed by atoms with Gasteiger partial charge in [-0.3, -0.25) is 4.79 Å². The predicted octanol–water partition coefficient (Wildman–Crippen LogP) is 1.93. The molecule has 0 atom stereocenters. The third-order valence-electron chi connectivity index (χ3n) is 3.27. The van der Waals surface area contributed by atoms with E-state index in [0.717, 1.165) is 31.8 Å². The molecular weight excluding hydrogens is 357 g/mol. The lowest BCUT2D eigenvalue weighted by Gasteiger charge is -2.18. The summed E-state index contributed by atoms with van der Waals surface area (Å²) < 4.78 is 37.2. The fraction of sp³-hybridized carbons (Fsp3) is 0.438. The number of benzene rings is 1. The highest BCUT2D eigenvalue weighted by Gasteiger charge is 2.30. The molecule has 0 aliphatic heterocycles. The lowest BCUT2D eigenvalue weighted by Crippen LogP contribution is -2.34. The van der Waals surface area contributed by atoms with Crippen molar-refractivity contribution in [2.45, 2.75) is 20.0 Å². The van der Waals surface area contributed by atoms with Gasteiger partial charge in [-0.05, 0) is 37.4 Å². The Balaban J connectivity index is 0.000000896. The minimum atomic E-state index is -4.38. The molecule has 1 aromatic rings. The van der Waals surface area contributed by atoms with Gasteiger partial charge in [0.15, 0.2) is 0 Å². The van der Waals surface area contributed by atoms with Gasteiger partial charge in [-0.1, -0.05) is 13.8 Å². The fourth-order valence-corrected chi connectivity index (χ4v) is 1.78. The molecule has 1 aromatic carbocycles. The molecule has 0 unspecified atom stereocenters. The van der Waals surface area contributed by atoms with Gasteiger partial charge >= 0.3 is 18.1 Å². The average Bonchev–Trinajstić information content (AvgIpc) is 2.58. The quantitative estimate of drug-likeness (QED) is 0.653. The van der Waals surface area contributed by atoms with Crippen molar-refractivity contribution in [3.63, 3.8) is 0 Å². The van der Waals surface area contributed by atoms with E-state index in [0.29, 0.717) is 6.54 Å². The Morgan fingerprint density at radius 2 is 1.46 bits per heavy atom. The molecule has 0 aromatic heterocycles. The largest absolute Gasteiger partial charge is 0.473 e. The lowest BCUT2D eigenvalue weighted by atomic mass is 10.1. The molecule has 1 rings (SSSR count). The third-order valence-corrected chi connectivity index (χ3v) is 3.27. The van der Waals surface area contributed by atoms with Crippen LogP contribution in [0.25, 0.3) is 0 Å². The summed E-state index contributed by atoms with van der Waals surface area (Å²) in [5, 5.41) is 17.5. The summed E-state index contributed by atoms with van der Waals surface area (Å²) in [5.41, 5.74) is -0.519. The van der Waals surface area contributed by atoms with E-state index in [-0.39, 0.29) is 11.5 Å². The maximum atomic E-state index is 12.4. The second-order valence-electron chi connectivity index (χ2n) is 4.97. The zero-order chi connectivity index (χ0) is 20.3. The molecule has 0 radical (unpaired) electrons. The van der Waals surface area contributed by atoms with Crippen molar-refractivity contribution in [1.82, 2.24) is 10.2 Å². The van der Waals surface area contributed by atoms with Crippen LogP contribution in [0.15, 0.2) is 24.3 Å². The highest BCUT2D eigenvalue weighted by Crippen LogP contribution is 2.28. The predicted molar refractivity (Wildman–Crippen MR) is 86.8 cm³/mol. The van der Waals surface area contributed by atoms with Crippen molar-refractivity contribution in [3.05, 3.63) is 35.4 Å². The molecule has 0 bridgehead atoms. The van der Waals surface area contributed by atoms with E-state index in [4.69, 9.17) is 19.8 Å². The minimum absolute atomic E-state index is 0.234. The van der Waals surface area contributed by atoms with Crippen LogP contribution in [0.1, 0.15) is 29.8 Å². The minimum Gasteiger partial charge on any atom is -0.473 e. The summed E-state index contributed by atoms with van der Waals surface area (Å²) in [6.07, 6.45) is -4.38. The molecule has 146 valence electrons. The highest BCUT2D eigenvalue weighted by molar-refractivity contribution is 6.27. The number of hydrogen-bond acceptors (Lipinski definition) is 4. The zero-order valence-corrected chi connectivity index (χ0v) is 14.3. The van der Waals surface area contributed by atoms with E-state index in [1.807, 2.05) is 13.8 Å². The van der Waals surface area contributed by atoms with Crippen molar-refractivity contribution < 1.29 is 37.8 Å². The van der Waals surface area contributed by atoms with Crippen LogP contribution in [0.4, 0.5) is 13.2 Å². The van der Waals surface area contributed by atoms with E-state index in [2.05, 4.69) is 10.2 Å². The van der Waals surface area contributed by atoms with E-state index >= 15 is 0 Å². The summed E-state index contributed by atoms with van der Waals surface area (Å²) >= 11 is 0. The first kappa shape index (κ1) is 23.4. The van der Waals surface area contributed by atoms with Gasteiger partial charge in [0.05, 0.1) is 5.56 Å². The molecule has 10 heteroatoms. The van der Waals surface area contributed by atoms with E-state index in [1.165, 1.54) is 12.1 Å². The van der Waals surface area contributed by atoms with Crippen molar-refractivity contribution in [2.24, 2.45) is 0 Å². The van der Waals surface area contributed by atoms with Crippen LogP contribution in [0.2, 0.25) is 0 Å². The number of carboxylic acids is 2. The van der Waals surface area contributed by atoms with E-state index < -0.39 is 23.7 Å². The first-order valence-electron chi connectivity index (χ1n) is 7.66. The molecule has 3 N–H and O–H groups in total. The molecule has 0 aliphatic rings. The Kier molecular flexibility index (Phi) is 9.97. The van der Waals surface area contributed by atoms with Crippen LogP contribution in [0.5, 0.6) is 0 Å². The van der Waals surface area contributed by atoms with Gasteiger partial charge in [0.2, 0.25) is 0 Å². The smallest absolute Gasteiger partial charge is 0.416 e. The van der Waals surface area contributed by atoms with Crippen molar-refractivity contribution in [2.75, 3.05) is 26.2 Å². The topological polar surface area (TPSA) is 107 Å². The third kappa shape index (κ3) is 9.02. The summed E-state index contributed by atoms with van der Waals surface area (Å²) in [5.74, 6) is -4.00. The number of nitrogens with zero attached hydrogens (tertiary/aromatic N) is 1. The second-order valence-corrected chi connectivity index (χ2v) is 4.97. The lowest BCUT2D eigenvalue weighted by molar-refractivity contribution is -0.159. The van der Waals surface area contributed by atoms with Gasteiger partial charge in [-0.25, -0.2) is 9.59 Å². The van der Waals surface area contributed by atoms with Crippen LogP contribution in [0, 0.1) is 0 Å². The molecule has 0 fully saturated rings. The number of halogens is 3. The number of carbonyl (C=O) groups excluding carboxylic acids is 1. The number of alkyl halides is 3. The zero-order valence-electron chi connectivity index (χ0n) is 14.3. The molecule has 1 amide bonds. The summed E-state index contributed by atoms with van der Waals surface area (Å²) in [6.45, 7) is 7.04. The van der Waals surface area contributed by atoms with Crippen LogP contribution in [-0.2, 0) is 15.8 Å². The van der Waals surface area contributed by atoms with Gasteiger partial charge in [0.25, 0.3) is 5.91 Å². The van der Waals surface area contributed by atoms with Gasteiger partial charge < -0.3 is 20.4 Å². The van der Waals surface area contributed by atoms with Crippen LogP contribution >= 0.6 is 0 Å². The number of amides is 1. The Morgan fingerprint density at radius 1 is 1.00 bits per heavy atom. The molecular formula is C16H21F3N2O5. The summed E-state index contributed by atoms with van der Waals surface area (Å²) in [7, 11) is 0. The van der Waals surface area contributed by atoms with Crippen molar-refractivity contribution >= 4 is 17.8 Å². The van der Waals surface area contributed by atoms with Gasteiger partial charge in [0.1, 0.15) is 0 Å². The maximum absolute atomic E-state index is 12.4. The summed E-state index contributed by atoms with van der Waals surface area (Å²) in [4.78, 5) is 32.1. The normalized spacial score (nSPS) is 10.7. The van der Waals surface area contributed by atoms with Crippen molar-refractivity contribution in [1.29, 1.82) is 0 Å². The average molecular weight is 378 g/mol. The number of hydrogen-bond donors (Lipinski definition) is 3. The highest BCUT2D eigenvalue weighted by atomic mass is 19.4. The number of nitrogens with one attached hydrogen (secondary N) is 1. The molecule has 7 nitrogen and oxygen atoms in total. The maximum Gasteiger partial charge on any atom is 0.416 e. The van der Waals surface area contributed by atoms with Gasteiger partial charge in [-0.2, -0.15) is 13.2 Å². The van der Waals surface area contributed by atoms with Gasteiger partial charge in [-0.15, -0.1) is 0 Å². The van der Waals surface area contributed by atoms with Crippen LogP contribution in [0.3, 0.4) is 0 Å². The molecule has 0 saturated heterocycles. The molecule has 0 saturated carbocycles. The van der Waals surface area contributed by atoms with E-state index in [1.54, 1.807) is 0 Å². The number of rotatable bonds is 6. The number of aliphatic carboxylic acids is 2. The molecule has 26 heavy (non-hydrogen) atoms. The first-order valence-corrected chi connectivity index (χ1v) is 7.66. The monoisotopic (exact) mass is 378 g/mol. The van der Waals surface area contributed by atoms with Gasteiger partial charge in [0, 0.05) is 18.7 Å². The Labute approximate surface area is 148 Å². The Morgan fingerprint density at radius 3 is 1.81 bits per heavy atom. The number of likely N-dealkylation sites (N-methyl/N-ethyl adjacent to an activating group) is 1. The standard InChI is InChI=1S/C14H19F3N2O.C2H2O4/c1-3-19(4-2)10-9-18-13(20)11-5-7-12(8-6-11)14(15,16)17;3-1(4)2(5)6/h5-8H,3-4,9-10H2,1-2H3,(H,18,20);(H,3,4)(H,5,6). The number of carbonyl (C=O) groups is 3. The number of carboxylic acid groups (broad SMARTS) is 2. The van der Waals surface area contributed by atoms with Crippen molar-refractivity contribution in [3.8, 4) is 0 Å².